The highest BCUT2D eigenvalue weighted by Crippen LogP contribution is 1.99. The van der Waals surface area contributed by atoms with Crippen LogP contribution in [0, 0.1) is 0 Å². The number of benzene rings is 1. The second-order valence-electron chi connectivity index (χ2n) is 3.19. The van der Waals surface area contributed by atoms with Crippen molar-refractivity contribution in [3.8, 4) is 0 Å². The molecule has 8 heteroatoms. The number of carbonyl (C=O) groups excluding carboxylic acids is 2. The van der Waals surface area contributed by atoms with E-state index in [1.807, 2.05) is 0 Å². The topological polar surface area (TPSA) is 102 Å². The van der Waals surface area contributed by atoms with Gasteiger partial charge in [0.05, 0.1) is 11.3 Å². The fourth-order valence-electron chi connectivity index (χ4n) is 0.960. The molecule has 0 radical (unpaired) electrons. The summed E-state index contributed by atoms with van der Waals surface area (Å²) in [5.74, 6) is -1.05. The molecule has 98 valence electrons. The Hall–Kier alpha value is -2.09. The van der Waals surface area contributed by atoms with E-state index in [9.17, 15) is 18.0 Å². The number of urea groups is 1. The summed E-state index contributed by atoms with van der Waals surface area (Å²) in [4.78, 5) is 26.9. The van der Waals surface area contributed by atoms with Crippen molar-refractivity contribution in [3.63, 3.8) is 0 Å². The number of hydrogen-bond acceptors (Lipinski definition) is 5. The van der Waals surface area contributed by atoms with E-state index in [-0.39, 0.29) is 11.3 Å². The second kappa shape index (κ2) is 6.01. The third-order valence-corrected chi connectivity index (χ3v) is 3.13. The number of amides is 2. The summed E-state index contributed by atoms with van der Waals surface area (Å²) in [5, 5.41) is 0. The van der Waals surface area contributed by atoms with Crippen LogP contribution in [0.15, 0.2) is 30.3 Å². The molecule has 0 aromatic heterocycles. The van der Waals surface area contributed by atoms with Crippen molar-refractivity contribution in [1.82, 2.24) is 10.2 Å². The Morgan fingerprint density at radius 3 is 2.39 bits per heavy atom. The van der Waals surface area contributed by atoms with Gasteiger partial charge in [0.1, 0.15) is 0 Å². The first kappa shape index (κ1) is 14.0. The smallest absolute Gasteiger partial charge is 0.334 e. The average molecular weight is 272 g/mol. The van der Waals surface area contributed by atoms with Gasteiger partial charge in [-0.3, -0.25) is 0 Å². The molecule has 0 atom stereocenters. The van der Waals surface area contributed by atoms with Crippen molar-refractivity contribution in [2.75, 3.05) is 5.75 Å². The predicted molar refractivity (Wildman–Crippen MR) is 63.0 cm³/mol. The zero-order chi connectivity index (χ0) is 13.6. The number of carbonyl (C=O) groups is 2. The SMILES string of the molecule is CCS(=O)(=O)NC(=O)NOC(=O)c1ccccc1. The van der Waals surface area contributed by atoms with Gasteiger partial charge in [-0.25, -0.2) is 22.7 Å². The molecule has 1 rings (SSSR count). The molecule has 0 fully saturated rings. The van der Waals surface area contributed by atoms with Crippen LogP contribution >= 0.6 is 0 Å². The Kier molecular flexibility index (Phi) is 4.67. The van der Waals surface area contributed by atoms with Crippen LogP contribution in [-0.2, 0) is 14.9 Å². The van der Waals surface area contributed by atoms with Crippen molar-refractivity contribution in [1.29, 1.82) is 0 Å². The van der Waals surface area contributed by atoms with Gasteiger partial charge in [0.2, 0.25) is 10.0 Å². The van der Waals surface area contributed by atoms with Crippen LogP contribution in [0.5, 0.6) is 0 Å². The average Bonchev–Trinajstić information content (AvgIpc) is 2.36. The Balaban J connectivity index is 2.47. The molecule has 0 heterocycles. The monoisotopic (exact) mass is 272 g/mol. The third kappa shape index (κ3) is 4.42. The minimum absolute atomic E-state index is 0.233. The van der Waals surface area contributed by atoms with Crippen LogP contribution in [0.1, 0.15) is 17.3 Å². The molecule has 1 aromatic carbocycles. The molecule has 0 aliphatic rings. The highest BCUT2D eigenvalue weighted by atomic mass is 32.2. The van der Waals surface area contributed by atoms with Crippen LogP contribution < -0.4 is 10.2 Å². The fraction of sp³-hybridized carbons (Fsp3) is 0.200. The molecule has 0 saturated carbocycles. The molecule has 7 nitrogen and oxygen atoms in total. The Labute approximate surface area is 104 Å². The summed E-state index contributed by atoms with van der Waals surface area (Å²) in [6.07, 6.45) is 0. The molecule has 0 aliphatic carbocycles. The molecule has 2 amide bonds. The quantitative estimate of drug-likeness (QED) is 0.776. The largest absolute Gasteiger partial charge is 0.363 e. The van der Waals surface area contributed by atoms with Crippen molar-refractivity contribution in [3.05, 3.63) is 35.9 Å². The lowest BCUT2D eigenvalue weighted by atomic mass is 10.2. The predicted octanol–water partition coefficient (Wildman–Crippen LogP) is 0.407. The molecule has 1 aromatic rings. The lowest BCUT2D eigenvalue weighted by Gasteiger charge is -2.06. The van der Waals surface area contributed by atoms with Gasteiger partial charge in [-0.1, -0.05) is 18.2 Å². The van der Waals surface area contributed by atoms with E-state index in [4.69, 9.17) is 0 Å². The number of hydrogen-bond donors (Lipinski definition) is 2. The molecule has 0 spiro atoms. The van der Waals surface area contributed by atoms with Crippen molar-refractivity contribution in [2.45, 2.75) is 6.92 Å². The number of sulfonamides is 1. The first-order chi connectivity index (χ1) is 8.44. The first-order valence-electron chi connectivity index (χ1n) is 5.01. The molecule has 18 heavy (non-hydrogen) atoms. The summed E-state index contributed by atoms with van der Waals surface area (Å²) in [6, 6.07) is 6.82. The fourth-order valence-corrected chi connectivity index (χ4v) is 1.43. The first-order valence-corrected chi connectivity index (χ1v) is 6.66. The lowest BCUT2D eigenvalue weighted by Crippen LogP contribution is -2.41. The maximum Gasteiger partial charge on any atom is 0.363 e. The van der Waals surface area contributed by atoms with E-state index in [1.165, 1.54) is 19.1 Å². The van der Waals surface area contributed by atoms with Crippen LogP contribution in [0.2, 0.25) is 0 Å². The summed E-state index contributed by atoms with van der Waals surface area (Å²) in [7, 11) is -3.68. The second-order valence-corrected chi connectivity index (χ2v) is 5.20. The van der Waals surface area contributed by atoms with Gasteiger partial charge < -0.3 is 4.84 Å². The van der Waals surface area contributed by atoms with Crippen LogP contribution in [0.25, 0.3) is 0 Å². The van der Waals surface area contributed by atoms with Gasteiger partial charge in [-0.05, 0) is 19.1 Å². The normalized spacial score (nSPS) is 10.5. The Morgan fingerprint density at radius 2 is 1.83 bits per heavy atom. The minimum atomic E-state index is -3.68. The molecule has 0 unspecified atom stereocenters. The van der Waals surface area contributed by atoms with Gasteiger partial charge in [-0.15, -0.1) is 0 Å². The summed E-state index contributed by atoms with van der Waals surface area (Å²) >= 11 is 0. The van der Waals surface area contributed by atoms with Gasteiger partial charge in [0.25, 0.3) is 0 Å². The van der Waals surface area contributed by atoms with Gasteiger partial charge in [0.15, 0.2) is 0 Å². The zero-order valence-electron chi connectivity index (χ0n) is 9.54. The molecule has 2 N–H and O–H groups in total. The van der Waals surface area contributed by atoms with E-state index in [0.29, 0.717) is 0 Å². The Bertz CT molecular complexity index is 526. The van der Waals surface area contributed by atoms with Gasteiger partial charge in [-0.2, -0.15) is 5.48 Å². The van der Waals surface area contributed by atoms with E-state index >= 15 is 0 Å². The van der Waals surface area contributed by atoms with Gasteiger partial charge >= 0.3 is 12.0 Å². The molecule has 0 saturated heterocycles. The van der Waals surface area contributed by atoms with Crippen LogP contribution in [0.4, 0.5) is 4.79 Å². The summed E-state index contributed by atoms with van der Waals surface area (Å²) < 4.78 is 23.7. The highest BCUT2D eigenvalue weighted by molar-refractivity contribution is 7.90. The molecular weight excluding hydrogens is 260 g/mol. The summed E-state index contributed by atoms with van der Waals surface area (Å²) in [6.45, 7) is 1.37. The van der Waals surface area contributed by atoms with E-state index < -0.39 is 22.0 Å². The van der Waals surface area contributed by atoms with Crippen molar-refractivity contribution < 1.29 is 22.8 Å². The molecule has 0 aliphatic heterocycles. The van der Waals surface area contributed by atoms with Crippen molar-refractivity contribution >= 4 is 22.0 Å². The lowest BCUT2D eigenvalue weighted by molar-refractivity contribution is 0.0331. The molecule has 0 bridgehead atoms. The number of nitrogens with one attached hydrogen (secondary N) is 2. The number of rotatable bonds is 3. The minimum Gasteiger partial charge on any atom is -0.334 e. The Morgan fingerprint density at radius 1 is 1.22 bits per heavy atom. The van der Waals surface area contributed by atoms with Gasteiger partial charge in [0, 0.05) is 0 Å². The highest BCUT2D eigenvalue weighted by Gasteiger charge is 2.14. The zero-order valence-corrected chi connectivity index (χ0v) is 10.4. The standard InChI is InChI=1S/C10H12N2O5S/c1-2-18(15,16)12-10(14)11-17-9(13)8-6-4-3-5-7-8/h3-7H,2H2,1H3,(H2,11,12,14). The number of hydroxylamine groups is 1. The maximum atomic E-state index is 11.4. The van der Waals surface area contributed by atoms with E-state index in [1.54, 1.807) is 28.4 Å². The van der Waals surface area contributed by atoms with E-state index in [0.717, 1.165) is 0 Å². The van der Waals surface area contributed by atoms with Crippen LogP contribution in [0.3, 0.4) is 0 Å². The molecular formula is C10H12N2O5S. The van der Waals surface area contributed by atoms with Crippen molar-refractivity contribution in [2.24, 2.45) is 0 Å². The van der Waals surface area contributed by atoms with E-state index in [2.05, 4.69) is 4.84 Å². The maximum absolute atomic E-state index is 11.4. The summed E-state index contributed by atoms with van der Waals surface area (Å²) in [5.41, 5.74) is 1.93. The van der Waals surface area contributed by atoms with Crippen LogP contribution in [-0.4, -0.2) is 26.2 Å². The third-order valence-electron chi connectivity index (χ3n) is 1.87.